The summed E-state index contributed by atoms with van der Waals surface area (Å²) in [4.78, 5) is 8.95. The second kappa shape index (κ2) is 11.7. The Bertz CT molecular complexity index is 1350. The number of alkyl halides is 3. The summed E-state index contributed by atoms with van der Waals surface area (Å²) in [6.07, 6.45) is 4.12. The van der Waals surface area contributed by atoms with E-state index in [1.54, 1.807) is 18.2 Å². The van der Waals surface area contributed by atoms with Crippen molar-refractivity contribution in [3.63, 3.8) is 0 Å². The first-order valence-corrected chi connectivity index (χ1v) is 12.2. The molecule has 0 N–H and O–H groups in total. The Labute approximate surface area is 212 Å². The van der Waals surface area contributed by atoms with Crippen LogP contribution in [0, 0.1) is 11.6 Å². The minimum atomic E-state index is -4.55. The predicted octanol–water partition coefficient (Wildman–Crippen LogP) is 8.03. The predicted molar refractivity (Wildman–Crippen MR) is 134 cm³/mol. The lowest BCUT2D eigenvalue weighted by Gasteiger charge is -2.11. The number of aromatic nitrogens is 2. The van der Waals surface area contributed by atoms with Crippen molar-refractivity contribution in [2.24, 2.45) is 0 Å². The maximum absolute atomic E-state index is 15.2. The summed E-state index contributed by atoms with van der Waals surface area (Å²) in [6.45, 7) is 0.595. The van der Waals surface area contributed by atoms with Crippen LogP contribution in [0.2, 0.25) is 0 Å². The van der Waals surface area contributed by atoms with Gasteiger partial charge in [-0.2, -0.15) is 13.2 Å². The molecule has 1 aromatic heterocycles. The van der Waals surface area contributed by atoms with Gasteiger partial charge in [0.05, 0.1) is 0 Å². The van der Waals surface area contributed by atoms with Crippen LogP contribution in [0.5, 0.6) is 5.75 Å². The minimum Gasteiger partial charge on any atom is -0.481 e. The lowest BCUT2D eigenvalue weighted by Crippen LogP contribution is -2.19. The third kappa shape index (κ3) is 7.02. The van der Waals surface area contributed by atoms with Crippen molar-refractivity contribution in [2.75, 3.05) is 6.61 Å². The fourth-order valence-corrected chi connectivity index (χ4v) is 4.14. The van der Waals surface area contributed by atoms with E-state index in [1.807, 2.05) is 24.5 Å². The quantitative estimate of drug-likeness (QED) is 0.159. The topological polar surface area (TPSA) is 35.0 Å². The van der Waals surface area contributed by atoms with Crippen molar-refractivity contribution >= 4 is 10.8 Å². The molecule has 4 rings (SSSR count). The Morgan fingerprint density at radius 1 is 0.811 bits per heavy atom. The standard InChI is InChI=1S/C29H27F5N2O/c1-2-3-4-5-20-16-35-28(36-17-20)23-11-12-24-22(15-23)10-9-21(27(24)31)8-6-19-7-13-26(25(30)14-19)37-18-29(32,33)34/h7,9-17H,2-6,8,18H2,1H3. The molecule has 37 heavy (non-hydrogen) atoms. The number of fused-ring (bicyclic) bond motifs is 1. The molecule has 194 valence electrons. The molecule has 8 heteroatoms. The van der Waals surface area contributed by atoms with E-state index in [0.717, 1.165) is 42.5 Å². The average Bonchev–Trinajstić information content (AvgIpc) is 2.87. The van der Waals surface area contributed by atoms with Crippen LogP contribution >= 0.6 is 0 Å². The normalized spacial score (nSPS) is 11.7. The highest BCUT2D eigenvalue weighted by Crippen LogP contribution is 2.28. The van der Waals surface area contributed by atoms with Crippen LogP contribution in [0.4, 0.5) is 22.0 Å². The highest BCUT2D eigenvalue weighted by atomic mass is 19.4. The van der Waals surface area contributed by atoms with E-state index >= 15 is 4.39 Å². The first-order chi connectivity index (χ1) is 17.7. The summed E-state index contributed by atoms with van der Waals surface area (Å²) in [5.74, 6) is -1.13. The molecule has 3 aromatic carbocycles. The summed E-state index contributed by atoms with van der Waals surface area (Å²) >= 11 is 0. The lowest BCUT2D eigenvalue weighted by atomic mass is 9.99. The second-order valence-electron chi connectivity index (χ2n) is 9.02. The van der Waals surface area contributed by atoms with Crippen molar-refractivity contribution < 1.29 is 26.7 Å². The Morgan fingerprint density at radius 3 is 2.30 bits per heavy atom. The van der Waals surface area contributed by atoms with Gasteiger partial charge in [0.15, 0.2) is 24.0 Å². The Kier molecular flexibility index (Phi) is 8.36. The molecule has 0 aliphatic heterocycles. The zero-order valence-electron chi connectivity index (χ0n) is 20.4. The SMILES string of the molecule is CCCCCc1cnc(-c2ccc3c(F)c(CCc4ccc(OCC(F)(F)F)c(F)c4)ccc3c2)nc1. The zero-order chi connectivity index (χ0) is 26.4. The monoisotopic (exact) mass is 514 g/mol. The fourth-order valence-electron chi connectivity index (χ4n) is 4.14. The van der Waals surface area contributed by atoms with Gasteiger partial charge in [-0.25, -0.2) is 18.7 Å². The number of aryl methyl sites for hydroxylation is 3. The van der Waals surface area contributed by atoms with Crippen LogP contribution in [0.15, 0.2) is 60.9 Å². The summed E-state index contributed by atoms with van der Waals surface area (Å²) in [6, 6.07) is 12.6. The van der Waals surface area contributed by atoms with E-state index in [0.29, 0.717) is 40.6 Å². The number of hydrogen-bond donors (Lipinski definition) is 0. The van der Waals surface area contributed by atoms with Gasteiger partial charge in [-0.3, -0.25) is 0 Å². The molecule has 0 atom stereocenters. The maximum Gasteiger partial charge on any atom is 0.422 e. The molecular weight excluding hydrogens is 487 g/mol. The van der Waals surface area contributed by atoms with Gasteiger partial charge in [0.1, 0.15) is 5.82 Å². The van der Waals surface area contributed by atoms with Crippen LogP contribution in [-0.4, -0.2) is 22.8 Å². The van der Waals surface area contributed by atoms with Gasteiger partial charge in [0.25, 0.3) is 0 Å². The van der Waals surface area contributed by atoms with E-state index in [2.05, 4.69) is 21.6 Å². The van der Waals surface area contributed by atoms with Crippen molar-refractivity contribution in [1.29, 1.82) is 0 Å². The van der Waals surface area contributed by atoms with Crippen molar-refractivity contribution in [2.45, 2.75) is 51.6 Å². The highest BCUT2D eigenvalue weighted by Gasteiger charge is 2.29. The molecule has 0 unspecified atom stereocenters. The molecule has 0 spiro atoms. The molecule has 0 saturated heterocycles. The molecule has 0 amide bonds. The molecule has 3 nitrogen and oxygen atoms in total. The van der Waals surface area contributed by atoms with Gasteiger partial charge in [-0.1, -0.05) is 50.1 Å². The molecule has 4 aromatic rings. The smallest absolute Gasteiger partial charge is 0.422 e. The van der Waals surface area contributed by atoms with Gasteiger partial charge >= 0.3 is 6.18 Å². The van der Waals surface area contributed by atoms with Gasteiger partial charge in [-0.15, -0.1) is 0 Å². The molecule has 0 saturated carbocycles. The highest BCUT2D eigenvalue weighted by molar-refractivity contribution is 5.87. The summed E-state index contributed by atoms with van der Waals surface area (Å²) in [7, 11) is 0. The number of nitrogens with zero attached hydrogens (tertiary/aromatic N) is 2. The van der Waals surface area contributed by atoms with Gasteiger partial charge < -0.3 is 4.74 Å². The average molecular weight is 515 g/mol. The largest absolute Gasteiger partial charge is 0.481 e. The van der Waals surface area contributed by atoms with E-state index in [9.17, 15) is 17.6 Å². The van der Waals surface area contributed by atoms with Crippen LogP contribution < -0.4 is 4.74 Å². The summed E-state index contributed by atoms with van der Waals surface area (Å²) in [5, 5.41) is 1.17. The number of ether oxygens (including phenoxy) is 1. The van der Waals surface area contributed by atoms with Gasteiger partial charge in [0, 0.05) is 23.3 Å². The molecule has 0 bridgehead atoms. The van der Waals surface area contributed by atoms with E-state index in [1.165, 1.54) is 12.5 Å². The number of hydrogen-bond acceptors (Lipinski definition) is 3. The lowest BCUT2D eigenvalue weighted by molar-refractivity contribution is -0.153. The molecule has 0 fully saturated rings. The minimum absolute atomic E-state index is 0.300. The van der Waals surface area contributed by atoms with Crippen molar-refractivity contribution in [3.8, 4) is 17.1 Å². The third-order valence-corrected chi connectivity index (χ3v) is 6.14. The second-order valence-corrected chi connectivity index (χ2v) is 9.02. The molecular formula is C29H27F5N2O. The summed E-state index contributed by atoms with van der Waals surface area (Å²) in [5.41, 5.74) is 2.88. The van der Waals surface area contributed by atoms with Crippen LogP contribution in [0.3, 0.4) is 0 Å². The number of halogens is 5. The Balaban J connectivity index is 1.44. The molecule has 0 aliphatic carbocycles. The number of rotatable bonds is 10. The van der Waals surface area contributed by atoms with Crippen LogP contribution in [0.1, 0.15) is 42.9 Å². The Hall–Kier alpha value is -3.55. The summed E-state index contributed by atoms with van der Waals surface area (Å²) < 4.78 is 70.7. The number of benzene rings is 3. The van der Waals surface area contributed by atoms with E-state index < -0.39 is 24.3 Å². The van der Waals surface area contributed by atoms with Gasteiger partial charge in [-0.05, 0) is 66.0 Å². The van der Waals surface area contributed by atoms with Crippen LogP contribution in [-0.2, 0) is 19.3 Å². The first-order valence-electron chi connectivity index (χ1n) is 12.2. The van der Waals surface area contributed by atoms with E-state index in [4.69, 9.17) is 0 Å². The maximum atomic E-state index is 15.2. The van der Waals surface area contributed by atoms with Crippen LogP contribution in [0.25, 0.3) is 22.2 Å². The van der Waals surface area contributed by atoms with Crippen molar-refractivity contribution in [3.05, 3.63) is 89.2 Å². The molecule has 1 heterocycles. The Morgan fingerprint density at radius 2 is 1.59 bits per heavy atom. The van der Waals surface area contributed by atoms with Gasteiger partial charge in [0.2, 0.25) is 0 Å². The number of unbranched alkanes of at least 4 members (excludes halogenated alkanes) is 2. The zero-order valence-corrected chi connectivity index (χ0v) is 20.4. The molecule has 0 aliphatic rings. The third-order valence-electron chi connectivity index (χ3n) is 6.14. The van der Waals surface area contributed by atoms with E-state index in [-0.39, 0.29) is 5.82 Å². The fraction of sp³-hybridized carbons (Fsp3) is 0.310. The first kappa shape index (κ1) is 26.5. The molecule has 0 radical (unpaired) electrons. The van der Waals surface area contributed by atoms with Crippen molar-refractivity contribution in [1.82, 2.24) is 9.97 Å².